The predicted molar refractivity (Wildman–Crippen MR) is 113 cm³/mol. The topological polar surface area (TPSA) is 52.7 Å². The summed E-state index contributed by atoms with van der Waals surface area (Å²) in [7, 11) is 2.11. The van der Waals surface area contributed by atoms with Crippen LogP contribution in [0.3, 0.4) is 0 Å². The molecule has 0 radical (unpaired) electrons. The second kappa shape index (κ2) is 6.93. The zero-order chi connectivity index (χ0) is 19.9. The molecule has 1 fully saturated rings. The molecular weight excluding hydrogens is 358 g/mol. The van der Waals surface area contributed by atoms with Crippen molar-refractivity contribution in [3.05, 3.63) is 47.6 Å². The van der Waals surface area contributed by atoms with E-state index >= 15 is 0 Å². The van der Waals surface area contributed by atoms with Crippen LogP contribution in [0.25, 0.3) is 6.08 Å². The molecule has 5 nitrogen and oxygen atoms in total. The van der Waals surface area contributed by atoms with Gasteiger partial charge in [0.1, 0.15) is 5.57 Å². The van der Waals surface area contributed by atoms with E-state index in [9.17, 15) is 9.59 Å². The van der Waals surface area contributed by atoms with Gasteiger partial charge in [0, 0.05) is 24.8 Å². The molecule has 142 valence electrons. The van der Waals surface area contributed by atoms with Crippen LogP contribution in [0.15, 0.2) is 36.4 Å². The van der Waals surface area contributed by atoms with E-state index in [1.54, 1.807) is 12.2 Å². The minimum atomic E-state index is -0.464. The van der Waals surface area contributed by atoms with Crippen LogP contribution in [0.4, 0.5) is 5.69 Å². The van der Waals surface area contributed by atoms with Gasteiger partial charge in [-0.3, -0.25) is 19.8 Å². The Bertz CT molecular complexity index is 872. The average Bonchev–Trinajstić information content (AvgIpc) is 2.60. The first-order chi connectivity index (χ1) is 12.7. The average molecular weight is 384 g/mol. The minimum absolute atomic E-state index is 0.0857. The number of carbonyl (C=O) groups excluding carboxylic acids is 2. The summed E-state index contributed by atoms with van der Waals surface area (Å²) in [5.74, 6) is -0.465. The van der Waals surface area contributed by atoms with Crippen molar-refractivity contribution in [2.75, 3.05) is 18.5 Å². The molecular formula is C21H25N3O2S. The third kappa shape index (κ3) is 3.41. The van der Waals surface area contributed by atoms with Crippen molar-refractivity contribution in [2.24, 2.45) is 0 Å². The Kier molecular flexibility index (Phi) is 4.95. The van der Waals surface area contributed by atoms with E-state index in [0.717, 1.165) is 12.0 Å². The van der Waals surface area contributed by atoms with Crippen molar-refractivity contribution in [3.63, 3.8) is 0 Å². The molecule has 1 unspecified atom stereocenters. The monoisotopic (exact) mass is 383 g/mol. The third-order valence-electron chi connectivity index (χ3n) is 5.47. The number of carbonyl (C=O) groups is 2. The molecule has 2 aliphatic rings. The molecule has 3 rings (SSSR count). The second-order valence-corrected chi connectivity index (χ2v) is 8.20. The standard InChI is InChI=1S/C21H25N3O2S/c1-6-9-24-19(26)16(18(25)22-20(24)27)11-14-7-8-17-15(10-14)13(2)12-21(3,4)23(17)5/h6-8,10-11,13H,1,9,12H2,2-5H3,(H,22,25,27)/b16-11-. The molecule has 1 saturated heterocycles. The number of amides is 2. The van der Waals surface area contributed by atoms with Gasteiger partial charge in [0.05, 0.1) is 0 Å². The fourth-order valence-corrected chi connectivity index (χ4v) is 4.09. The van der Waals surface area contributed by atoms with Gasteiger partial charge in [0.25, 0.3) is 11.8 Å². The number of hydrogen-bond donors (Lipinski definition) is 1. The van der Waals surface area contributed by atoms with Crippen LogP contribution in [0.5, 0.6) is 0 Å². The molecule has 0 aliphatic carbocycles. The molecule has 1 aromatic rings. The summed E-state index contributed by atoms with van der Waals surface area (Å²) in [6.07, 6.45) is 4.26. The maximum Gasteiger partial charge on any atom is 0.265 e. The lowest BCUT2D eigenvalue weighted by Gasteiger charge is -2.45. The number of nitrogens with one attached hydrogen (secondary N) is 1. The molecule has 6 heteroatoms. The van der Waals surface area contributed by atoms with Crippen LogP contribution in [-0.4, -0.2) is 41.0 Å². The van der Waals surface area contributed by atoms with Gasteiger partial charge in [0.2, 0.25) is 0 Å². The Hall–Kier alpha value is -2.47. The van der Waals surface area contributed by atoms with Crippen LogP contribution in [0.1, 0.15) is 44.2 Å². The van der Waals surface area contributed by atoms with E-state index in [2.05, 4.69) is 56.7 Å². The van der Waals surface area contributed by atoms with Crippen LogP contribution < -0.4 is 10.2 Å². The Balaban J connectivity index is 1.99. The molecule has 1 N–H and O–H groups in total. The Morgan fingerprint density at radius 2 is 2.07 bits per heavy atom. The largest absolute Gasteiger partial charge is 0.369 e. The number of hydrogen-bond acceptors (Lipinski definition) is 4. The number of nitrogens with zero attached hydrogens (tertiary/aromatic N) is 2. The summed E-state index contributed by atoms with van der Waals surface area (Å²) in [4.78, 5) is 28.6. The van der Waals surface area contributed by atoms with E-state index in [4.69, 9.17) is 12.2 Å². The summed E-state index contributed by atoms with van der Waals surface area (Å²) in [5.41, 5.74) is 3.43. The normalized spacial score (nSPS) is 23.3. The van der Waals surface area contributed by atoms with E-state index in [-0.39, 0.29) is 22.8 Å². The van der Waals surface area contributed by atoms with Crippen LogP contribution in [-0.2, 0) is 9.59 Å². The summed E-state index contributed by atoms with van der Waals surface area (Å²) in [6.45, 7) is 10.6. The molecule has 0 aromatic heterocycles. The van der Waals surface area contributed by atoms with Crippen molar-refractivity contribution < 1.29 is 9.59 Å². The SMILES string of the molecule is C=CCN1C(=O)/C(=C\c2ccc3c(c2)C(C)CC(C)(C)N3C)C(=O)NC1=S. The molecule has 2 aliphatic heterocycles. The lowest BCUT2D eigenvalue weighted by Crippen LogP contribution is -2.53. The highest BCUT2D eigenvalue weighted by Gasteiger charge is 2.35. The van der Waals surface area contributed by atoms with Gasteiger partial charge in [-0.05, 0) is 67.7 Å². The highest BCUT2D eigenvalue weighted by molar-refractivity contribution is 7.80. The van der Waals surface area contributed by atoms with Gasteiger partial charge in [-0.25, -0.2) is 0 Å². The summed E-state index contributed by atoms with van der Waals surface area (Å²) >= 11 is 5.09. The van der Waals surface area contributed by atoms with Crippen LogP contribution in [0.2, 0.25) is 0 Å². The van der Waals surface area contributed by atoms with E-state index in [1.807, 2.05) is 6.07 Å². The quantitative estimate of drug-likeness (QED) is 0.377. The zero-order valence-corrected chi connectivity index (χ0v) is 17.0. The fraction of sp³-hybridized carbons (Fsp3) is 0.381. The molecule has 2 amide bonds. The lowest BCUT2D eigenvalue weighted by atomic mass is 9.80. The van der Waals surface area contributed by atoms with Gasteiger partial charge in [-0.2, -0.15) is 0 Å². The van der Waals surface area contributed by atoms with Crippen molar-refractivity contribution >= 4 is 40.9 Å². The zero-order valence-electron chi connectivity index (χ0n) is 16.2. The van der Waals surface area contributed by atoms with Gasteiger partial charge >= 0.3 is 0 Å². The number of rotatable bonds is 3. The summed E-state index contributed by atoms with van der Waals surface area (Å²) in [6, 6.07) is 6.09. The molecule has 0 bridgehead atoms. The van der Waals surface area contributed by atoms with Crippen LogP contribution in [0, 0.1) is 0 Å². The number of benzene rings is 1. The first-order valence-corrected chi connectivity index (χ1v) is 9.44. The van der Waals surface area contributed by atoms with Gasteiger partial charge in [-0.1, -0.05) is 19.1 Å². The van der Waals surface area contributed by atoms with Crippen molar-refractivity contribution in [1.82, 2.24) is 10.2 Å². The molecule has 2 heterocycles. The molecule has 1 aromatic carbocycles. The first-order valence-electron chi connectivity index (χ1n) is 9.03. The van der Waals surface area contributed by atoms with Crippen molar-refractivity contribution in [2.45, 2.75) is 38.6 Å². The minimum Gasteiger partial charge on any atom is -0.369 e. The molecule has 0 saturated carbocycles. The number of fused-ring (bicyclic) bond motifs is 1. The Morgan fingerprint density at radius 1 is 1.37 bits per heavy atom. The van der Waals surface area contributed by atoms with Crippen LogP contribution >= 0.6 is 12.2 Å². The number of anilines is 1. The fourth-order valence-electron chi connectivity index (χ4n) is 3.84. The van der Waals surface area contributed by atoms with Gasteiger partial charge in [-0.15, -0.1) is 6.58 Å². The first kappa shape index (κ1) is 19.3. The Morgan fingerprint density at radius 3 is 2.74 bits per heavy atom. The molecule has 0 spiro atoms. The second-order valence-electron chi connectivity index (χ2n) is 7.82. The van der Waals surface area contributed by atoms with Crippen molar-refractivity contribution in [3.8, 4) is 0 Å². The predicted octanol–water partition coefficient (Wildman–Crippen LogP) is 3.22. The lowest BCUT2D eigenvalue weighted by molar-refractivity contribution is -0.128. The maximum absolute atomic E-state index is 12.7. The van der Waals surface area contributed by atoms with Gasteiger partial charge < -0.3 is 4.90 Å². The number of thiocarbonyl (C=S) groups is 1. The summed E-state index contributed by atoms with van der Waals surface area (Å²) in [5, 5.41) is 2.69. The van der Waals surface area contributed by atoms with Crippen molar-refractivity contribution in [1.29, 1.82) is 0 Å². The van der Waals surface area contributed by atoms with E-state index < -0.39 is 11.8 Å². The molecule has 1 atom stereocenters. The maximum atomic E-state index is 12.7. The molecule has 27 heavy (non-hydrogen) atoms. The van der Waals surface area contributed by atoms with Gasteiger partial charge in [0.15, 0.2) is 5.11 Å². The smallest absolute Gasteiger partial charge is 0.265 e. The van der Waals surface area contributed by atoms with E-state index in [1.165, 1.54) is 16.2 Å². The van der Waals surface area contributed by atoms with E-state index in [0.29, 0.717) is 5.92 Å². The highest BCUT2D eigenvalue weighted by atomic mass is 32.1. The Labute approximate surface area is 165 Å². The summed E-state index contributed by atoms with van der Waals surface area (Å²) < 4.78 is 0. The highest BCUT2D eigenvalue weighted by Crippen LogP contribution is 2.42. The third-order valence-corrected chi connectivity index (χ3v) is 5.79.